The van der Waals surface area contributed by atoms with Gasteiger partial charge < -0.3 is 25.0 Å². The van der Waals surface area contributed by atoms with E-state index in [0.717, 1.165) is 56.7 Å². The SMILES string of the molecule is CCNC(=NCCc1ccc(OCC(=O)NC2CC2)cc1)N1CCCC(C(=O)OCC)C1.I. The first-order valence-corrected chi connectivity index (χ1v) is 11.8. The number of hydrogen-bond donors (Lipinski definition) is 2. The summed E-state index contributed by atoms with van der Waals surface area (Å²) < 4.78 is 10.8. The molecule has 1 heterocycles. The van der Waals surface area contributed by atoms with Crippen LogP contribution in [0.2, 0.25) is 0 Å². The van der Waals surface area contributed by atoms with E-state index in [2.05, 4.69) is 15.5 Å². The van der Waals surface area contributed by atoms with E-state index < -0.39 is 0 Å². The maximum Gasteiger partial charge on any atom is 0.310 e. The summed E-state index contributed by atoms with van der Waals surface area (Å²) >= 11 is 0. The Morgan fingerprint density at radius 2 is 1.91 bits per heavy atom. The Morgan fingerprint density at radius 3 is 2.58 bits per heavy atom. The molecule has 8 nitrogen and oxygen atoms in total. The predicted octanol–water partition coefficient (Wildman–Crippen LogP) is 2.75. The van der Waals surface area contributed by atoms with Crippen molar-refractivity contribution in [3.63, 3.8) is 0 Å². The first-order valence-electron chi connectivity index (χ1n) is 11.8. The minimum Gasteiger partial charge on any atom is -0.484 e. The van der Waals surface area contributed by atoms with Crippen LogP contribution in [0, 0.1) is 5.92 Å². The molecule has 2 N–H and O–H groups in total. The zero-order chi connectivity index (χ0) is 22.8. The quantitative estimate of drug-likeness (QED) is 0.194. The number of aliphatic imine (C=N–C) groups is 1. The van der Waals surface area contributed by atoms with Gasteiger partial charge in [-0.1, -0.05) is 12.1 Å². The van der Waals surface area contributed by atoms with Crippen LogP contribution in [-0.2, 0) is 20.7 Å². The van der Waals surface area contributed by atoms with Crippen LogP contribution in [0.3, 0.4) is 0 Å². The molecule has 3 rings (SSSR count). The Balaban J connectivity index is 0.00000385. The summed E-state index contributed by atoms with van der Waals surface area (Å²) in [6.45, 7) is 7.32. The fraction of sp³-hybridized carbons (Fsp3) is 0.625. The number of guanidine groups is 1. The molecule has 0 spiro atoms. The second-order valence-corrected chi connectivity index (χ2v) is 8.30. The molecule has 1 unspecified atom stereocenters. The number of amides is 1. The molecule has 2 aliphatic rings. The van der Waals surface area contributed by atoms with Crippen LogP contribution in [0.4, 0.5) is 0 Å². The molecule has 1 atom stereocenters. The molecule has 1 aliphatic heterocycles. The van der Waals surface area contributed by atoms with Crippen LogP contribution in [-0.4, -0.2) is 68.2 Å². The second kappa shape index (κ2) is 14.3. The Kier molecular flexibility index (Phi) is 11.8. The minimum atomic E-state index is -0.111. The number of halogens is 1. The van der Waals surface area contributed by atoms with Gasteiger partial charge in [-0.25, -0.2) is 0 Å². The number of rotatable bonds is 10. The lowest BCUT2D eigenvalue weighted by atomic mass is 9.98. The lowest BCUT2D eigenvalue weighted by Gasteiger charge is -2.34. The van der Waals surface area contributed by atoms with Crippen molar-refractivity contribution in [1.29, 1.82) is 0 Å². The van der Waals surface area contributed by atoms with E-state index in [0.29, 0.717) is 31.5 Å². The Morgan fingerprint density at radius 1 is 1.15 bits per heavy atom. The van der Waals surface area contributed by atoms with Crippen LogP contribution in [0.5, 0.6) is 5.75 Å². The summed E-state index contributed by atoms with van der Waals surface area (Å²) in [4.78, 5) is 30.8. The highest BCUT2D eigenvalue weighted by Gasteiger charge is 2.28. The molecule has 1 saturated carbocycles. The van der Waals surface area contributed by atoms with E-state index in [1.807, 2.05) is 38.1 Å². The van der Waals surface area contributed by atoms with Crippen LogP contribution in [0.1, 0.15) is 45.1 Å². The fourth-order valence-corrected chi connectivity index (χ4v) is 3.74. The molecule has 184 valence electrons. The number of ether oxygens (including phenoxy) is 2. The molecule has 1 aromatic carbocycles. The van der Waals surface area contributed by atoms with Gasteiger partial charge in [-0.15, -0.1) is 24.0 Å². The highest BCUT2D eigenvalue weighted by Crippen LogP contribution is 2.19. The van der Waals surface area contributed by atoms with Gasteiger partial charge in [0.05, 0.1) is 12.5 Å². The third-order valence-corrected chi connectivity index (χ3v) is 5.57. The van der Waals surface area contributed by atoms with Gasteiger partial charge in [0.15, 0.2) is 12.6 Å². The fourth-order valence-electron chi connectivity index (χ4n) is 3.74. The third-order valence-electron chi connectivity index (χ3n) is 5.57. The Hall–Kier alpha value is -2.04. The highest BCUT2D eigenvalue weighted by molar-refractivity contribution is 14.0. The average Bonchev–Trinajstić information content (AvgIpc) is 3.62. The first-order chi connectivity index (χ1) is 15.6. The zero-order valence-corrected chi connectivity index (χ0v) is 22.0. The smallest absolute Gasteiger partial charge is 0.310 e. The number of carbonyl (C=O) groups is 2. The van der Waals surface area contributed by atoms with Crippen LogP contribution in [0.25, 0.3) is 0 Å². The van der Waals surface area contributed by atoms with Crippen molar-refractivity contribution in [3.05, 3.63) is 29.8 Å². The average molecular weight is 572 g/mol. The van der Waals surface area contributed by atoms with Gasteiger partial charge in [0.2, 0.25) is 0 Å². The Labute approximate surface area is 213 Å². The molecule has 33 heavy (non-hydrogen) atoms. The van der Waals surface area contributed by atoms with E-state index in [4.69, 9.17) is 14.5 Å². The number of nitrogens with zero attached hydrogens (tertiary/aromatic N) is 2. The number of esters is 1. The highest BCUT2D eigenvalue weighted by atomic mass is 127. The first kappa shape index (κ1) is 27.2. The zero-order valence-electron chi connectivity index (χ0n) is 19.7. The molecular formula is C24H37IN4O4. The standard InChI is InChI=1S/C24H36N4O4.HI/c1-3-25-24(28-15-5-6-19(16-28)23(30)31-4-2)26-14-13-18-7-11-21(12-8-18)32-17-22(29)27-20-9-10-20;/h7-8,11-12,19-20H,3-6,9-10,13-17H2,1-2H3,(H,25,26)(H,27,29);1H. The van der Waals surface area contributed by atoms with Crippen molar-refractivity contribution < 1.29 is 19.1 Å². The van der Waals surface area contributed by atoms with Crippen molar-refractivity contribution in [1.82, 2.24) is 15.5 Å². The molecular weight excluding hydrogens is 535 g/mol. The van der Waals surface area contributed by atoms with Gasteiger partial charge in [0.1, 0.15) is 5.75 Å². The largest absolute Gasteiger partial charge is 0.484 e. The van der Waals surface area contributed by atoms with E-state index in [-0.39, 0.29) is 48.4 Å². The molecule has 1 saturated heterocycles. The monoisotopic (exact) mass is 572 g/mol. The van der Waals surface area contributed by atoms with Gasteiger partial charge in [0, 0.05) is 32.2 Å². The maximum absolute atomic E-state index is 12.1. The molecule has 2 fully saturated rings. The summed E-state index contributed by atoms with van der Waals surface area (Å²) in [5.74, 6) is 1.27. The van der Waals surface area contributed by atoms with Crippen molar-refractivity contribution in [3.8, 4) is 5.75 Å². The maximum atomic E-state index is 12.1. The van der Waals surface area contributed by atoms with Crippen LogP contribution >= 0.6 is 24.0 Å². The van der Waals surface area contributed by atoms with E-state index >= 15 is 0 Å². The number of piperidine rings is 1. The minimum absolute atomic E-state index is 0. The van der Waals surface area contributed by atoms with Gasteiger partial charge in [0.25, 0.3) is 5.91 Å². The van der Waals surface area contributed by atoms with Crippen molar-refractivity contribution in [2.24, 2.45) is 10.9 Å². The van der Waals surface area contributed by atoms with Gasteiger partial charge in [-0.2, -0.15) is 0 Å². The molecule has 1 aliphatic carbocycles. The molecule has 0 radical (unpaired) electrons. The second-order valence-electron chi connectivity index (χ2n) is 8.30. The number of benzene rings is 1. The number of nitrogens with one attached hydrogen (secondary N) is 2. The summed E-state index contributed by atoms with van der Waals surface area (Å²) in [6.07, 6.45) is 4.76. The number of carbonyl (C=O) groups excluding carboxylic acids is 2. The van der Waals surface area contributed by atoms with E-state index in [1.54, 1.807) is 0 Å². The summed E-state index contributed by atoms with van der Waals surface area (Å²) in [7, 11) is 0. The van der Waals surface area contributed by atoms with Gasteiger partial charge in [-0.3, -0.25) is 14.6 Å². The predicted molar refractivity (Wildman–Crippen MR) is 139 cm³/mol. The summed E-state index contributed by atoms with van der Waals surface area (Å²) in [5.41, 5.74) is 1.16. The van der Waals surface area contributed by atoms with Crippen LogP contribution in [0.15, 0.2) is 29.3 Å². The van der Waals surface area contributed by atoms with E-state index in [9.17, 15) is 9.59 Å². The molecule has 0 aromatic heterocycles. The molecule has 0 bridgehead atoms. The topological polar surface area (TPSA) is 92.3 Å². The van der Waals surface area contributed by atoms with Gasteiger partial charge in [-0.05, 0) is 63.6 Å². The van der Waals surface area contributed by atoms with Crippen molar-refractivity contribution >= 4 is 41.8 Å². The summed E-state index contributed by atoms with van der Waals surface area (Å²) in [6, 6.07) is 8.15. The molecule has 9 heteroatoms. The lowest BCUT2D eigenvalue weighted by Crippen LogP contribution is -2.48. The normalized spacial score (nSPS) is 18.2. The lowest BCUT2D eigenvalue weighted by molar-refractivity contribution is -0.149. The molecule has 1 aromatic rings. The van der Waals surface area contributed by atoms with Crippen molar-refractivity contribution in [2.75, 3.05) is 39.4 Å². The Bertz CT molecular complexity index is 783. The molecule has 1 amide bonds. The van der Waals surface area contributed by atoms with Crippen LogP contribution < -0.4 is 15.4 Å². The van der Waals surface area contributed by atoms with Gasteiger partial charge >= 0.3 is 5.97 Å². The van der Waals surface area contributed by atoms with Crippen molar-refractivity contribution in [2.45, 2.75) is 52.0 Å². The van der Waals surface area contributed by atoms with E-state index in [1.165, 1.54) is 0 Å². The number of likely N-dealkylation sites (tertiary alicyclic amines) is 1. The third kappa shape index (κ3) is 9.38. The summed E-state index contributed by atoms with van der Waals surface area (Å²) in [5, 5.41) is 6.26. The number of hydrogen-bond acceptors (Lipinski definition) is 5.